The number of halogens is 2. The Kier molecular flexibility index (Phi) is 1.96. The first-order chi connectivity index (χ1) is 6.61. The Morgan fingerprint density at radius 3 is 2.36 bits per heavy atom. The van der Waals surface area contributed by atoms with Gasteiger partial charge >= 0.3 is 0 Å². The van der Waals surface area contributed by atoms with Gasteiger partial charge in [-0.05, 0) is 12.1 Å². The molecule has 0 radical (unpaired) electrons. The summed E-state index contributed by atoms with van der Waals surface area (Å²) in [6.07, 6.45) is 0. The van der Waals surface area contributed by atoms with Crippen LogP contribution in [-0.4, -0.2) is 18.5 Å². The van der Waals surface area contributed by atoms with E-state index in [0.717, 1.165) is 17.0 Å². The molecule has 74 valence electrons. The number of carbonyl (C=O) groups excluding carboxylic acids is 1. The van der Waals surface area contributed by atoms with Gasteiger partial charge in [0.25, 0.3) is 0 Å². The second kappa shape index (κ2) is 3.02. The maximum absolute atomic E-state index is 13.1. The molecule has 1 heterocycles. The number of carbonyl (C=O) groups is 1. The van der Waals surface area contributed by atoms with E-state index in [0.29, 0.717) is 0 Å². The Morgan fingerprint density at radius 2 is 1.93 bits per heavy atom. The van der Waals surface area contributed by atoms with Crippen LogP contribution in [0, 0.1) is 11.6 Å². The first-order valence-electron chi connectivity index (χ1n) is 4.12. The van der Waals surface area contributed by atoms with Crippen LogP contribution in [0.25, 0.3) is 0 Å². The van der Waals surface area contributed by atoms with Crippen LogP contribution in [0.2, 0.25) is 0 Å². The van der Waals surface area contributed by atoms with Gasteiger partial charge in [0, 0.05) is 0 Å². The fourth-order valence-electron chi connectivity index (χ4n) is 1.40. The standard InChI is InChI=1S/C9H8F2N2O/c10-5-2-1-3-6(11)8(5)13-4-7(12)9(13)14/h1-3,7H,4,12H2. The van der Waals surface area contributed by atoms with Crippen LogP contribution in [0.3, 0.4) is 0 Å². The van der Waals surface area contributed by atoms with Crippen molar-refractivity contribution in [2.45, 2.75) is 6.04 Å². The highest BCUT2D eigenvalue weighted by molar-refractivity contribution is 6.04. The number of hydrogen-bond donors (Lipinski definition) is 1. The normalized spacial score (nSPS) is 20.9. The van der Waals surface area contributed by atoms with Crippen LogP contribution < -0.4 is 10.6 Å². The van der Waals surface area contributed by atoms with E-state index in [1.54, 1.807) is 0 Å². The third-order valence-corrected chi connectivity index (χ3v) is 2.17. The number of hydrogen-bond acceptors (Lipinski definition) is 2. The Labute approximate surface area is 79.1 Å². The van der Waals surface area contributed by atoms with Gasteiger partial charge in [-0.3, -0.25) is 4.79 Å². The van der Waals surface area contributed by atoms with E-state index in [1.165, 1.54) is 6.07 Å². The molecule has 0 spiro atoms. The molecule has 0 aromatic heterocycles. The van der Waals surface area contributed by atoms with E-state index >= 15 is 0 Å². The van der Waals surface area contributed by atoms with Gasteiger partial charge in [-0.25, -0.2) is 8.78 Å². The second-order valence-electron chi connectivity index (χ2n) is 3.13. The van der Waals surface area contributed by atoms with Gasteiger partial charge in [0.2, 0.25) is 5.91 Å². The summed E-state index contributed by atoms with van der Waals surface area (Å²) in [6, 6.07) is 2.83. The Balaban J connectivity index is 2.38. The van der Waals surface area contributed by atoms with Crippen LogP contribution in [0.5, 0.6) is 0 Å². The first kappa shape index (κ1) is 9.08. The van der Waals surface area contributed by atoms with Crippen molar-refractivity contribution in [2.75, 3.05) is 11.4 Å². The van der Waals surface area contributed by atoms with Gasteiger partial charge in [0.1, 0.15) is 23.4 Å². The van der Waals surface area contributed by atoms with Crippen molar-refractivity contribution < 1.29 is 13.6 Å². The minimum absolute atomic E-state index is 0.163. The highest BCUT2D eigenvalue weighted by Gasteiger charge is 2.37. The molecule has 0 bridgehead atoms. The summed E-state index contributed by atoms with van der Waals surface area (Å²) in [5, 5.41) is 0. The van der Waals surface area contributed by atoms with Crippen molar-refractivity contribution in [1.29, 1.82) is 0 Å². The Morgan fingerprint density at radius 1 is 1.36 bits per heavy atom. The van der Waals surface area contributed by atoms with Crippen molar-refractivity contribution in [3.63, 3.8) is 0 Å². The van der Waals surface area contributed by atoms with Crippen molar-refractivity contribution in [3.8, 4) is 0 Å². The highest BCUT2D eigenvalue weighted by atomic mass is 19.1. The van der Waals surface area contributed by atoms with E-state index in [1.807, 2.05) is 0 Å². The van der Waals surface area contributed by atoms with Gasteiger partial charge < -0.3 is 10.6 Å². The smallest absolute Gasteiger partial charge is 0.245 e. The van der Waals surface area contributed by atoms with Gasteiger partial charge in [-0.15, -0.1) is 0 Å². The van der Waals surface area contributed by atoms with Crippen molar-refractivity contribution in [1.82, 2.24) is 0 Å². The number of β-lactam (4-membered cyclic amide) rings is 1. The van der Waals surface area contributed by atoms with Gasteiger partial charge in [0.15, 0.2) is 0 Å². The molecule has 2 rings (SSSR count). The number of nitrogens with two attached hydrogens (primary N) is 1. The van der Waals surface area contributed by atoms with E-state index < -0.39 is 23.6 Å². The van der Waals surface area contributed by atoms with Gasteiger partial charge in [-0.1, -0.05) is 6.07 Å². The number of para-hydroxylation sites is 1. The monoisotopic (exact) mass is 198 g/mol. The summed E-state index contributed by atoms with van der Waals surface area (Å²) in [7, 11) is 0. The Bertz CT molecular complexity index is 374. The molecule has 14 heavy (non-hydrogen) atoms. The SMILES string of the molecule is NC1CN(c2c(F)cccc2F)C1=O. The van der Waals surface area contributed by atoms with Crippen LogP contribution in [0.4, 0.5) is 14.5 Å². The number of rotatable bonds is 1. The van der Waals surface area contributed by atoms with Gasteiger partial charge in [0.05, 0.1) is 6.54 Å². The zero-order chi connectivity index (χ0) is 10.3. The van der Waals surface area contributed by atoms with Crippen LogP contribution in [0.1, 0.15) is 0 Å². The molecule has 1 amide bonds. The zero-order valence-electron chi connectivity index (χ0n) is 7.21. The molecule has 1 aliphatic rings. The molecule has 0 saturated carbocycles. The molecule has 3 nitrogen and oxygen atoms in total. The predicted octanol–water partition coefficient (Wildman–Crippen LogP) is 0.639. The number of amides is 1. The maximum atomic E-state index is 13.1. The molecule has 1 aromatic rings. The summed E-state index contributed by atoms with van der Waals surface area (Å²) >= 11 is 0. The summed E-state index contributed by atoms with van der Waals surface area (Å²) in [4.78, 5) is 12.1. The molecular formula is C9H8F2N2O. The number of nitrogens with zero attached hydrogens (tertiary/aromatic N) is 1. The summed E-state index contributed by atoms with van der Waals surface area (Å²) in [6.45, 7) is 0.163. The molecule has 2 N–H and O–H groups in total. The quantitative estimate of drug-likeness (QED) is 0.673. The summed E-state index contributed by atoms with van der Waals surface area (Å²) in [5.74, 6) is -1.94. The van der Waals surface area contributed by atoms with E-state index in [9.17, 15) is 13.6 Å². The summed E-state index contributed by atoms with van der Waals surface area (Å²) < 4.78 is 26.3. The lowest BCUT2D eigenvalue weighted by Crippen LogP contribution is -2.61. The number of benzene rings is 1. The highest BCUT2D eigenvalue weighted by Crippen LogP contribution is 2.27. The minimum atomic E-state index is -0.745. The molecule has 1 aliphatic heterocycles. The van der Waals surface area contributed by atoms with Gasteiger partial charge in [-0.2, -0.15) is 0 Å². The molecule has 0 aliphatic carbocycles. The van der Waals surface area contributed by atoms with E-state index in [2.05, 4.69) is 0 Å². The lowest BCUT2D eigenvalue weighted by atomic mass is 10.1. The molecule has 1 unspecified atom stereocenters. The van der Waals surface area contributed by atoms with Crippen LogP contribution in [0.15, 0.2) is 18.2 Å². The molecule has 1 aromatic carbocycles. The van der Waals surface area contributed by atoms with Crippen LogP contribution >= 0.6 is 0 Å². The zero-order valence-corrected chi connectivity index (χ0v) is 7.21. The van der Waals surface area contributed by atoms with Crippen molar-refractivity contribution in [2.24, 2.45) is 5.73 Å². The lowest BCUT2D eigenvalue weighted by molar-refractivity contribution is -0.123. The third-order valence-electron chi connectivity index (χ3n) is 2.17. The topological polar surface area (TPSA) is 46.3 Å². The average molecular weight is 198 g/mol. The van der Waals surface area contributed by atoms with E-state index in [4.69, 9.17) is 5.73 Å². The first-order valence-corrected chi connectivity index (χ1v) is 4.12. The maximum Gasteiger partial charge on any atom is 0.245 e. The number of anilines is 1. The largest absolute Gasteiger partial charge is 0.318 e. The molecule has 1 saturated heterocycles. The predicted molar refractivity (Wildman–Crippen MR) is 46.7 cm³/mol. The third kappa shape index (κ3) is 1.17. The minimum Gasteiger partial charge on any atom is -0.318 e. The molecular weight excluding hydrogens is 190 g/mol. The van der Waals surface area contributed by atoms with Crippen LogP contribution in [-0.2, 0) is 4.79 Å². The molecule has 5 heteroatoms. The van der Waals surface area contributed by atoms with E-state index in [-0.39, 0.29) is 12.2 Å². The average Bonchev–Trinajstić information content (AvgIpc) is 2.16. The molecule has 1 atom stereocenters. The summed E-state index contributed by atoms with van der Waals surface area (Å²) in [5.41, 5.74) is 5.01. The lowest BCUT2D eigenvalue weighted by Gasteiger charge is -2.36. The second-order valence-corrected chi connectivity index (χ2v) is 3.13. The fraction of sp³-hybridized carbons (Fsp3) is 0.222. The molecule has 1 fully saturated rings. The fourth-order valence-corrected chi connectivity index (χ4v) is 1.40. The van der Waals surface area contributed by atoms with Crippen molar-refractivity contribution in [3.05, 3.63) is 29.8 Å². The Hall–Kier alpha value is -1.49. The van der Waals surface area contributed by atoms with Crippen molar-refractivity contribution >= 4 is 11.6 Å².